The summed E-state index contributed by atoms with van der Waals surface area (Å²) in [5.41, 5.74) is 6.88. The summed E-state index contributed by atoms with van der Waals surface area (Å²) in [6.45, 7) is 1.86. The number of carbonyl (C=O) groups is 1. The second-order valence-electron chi connectivity index (χ2n) is 5.28. The molecule has 0 radical (unpaired) electrons. The summed E-state index contributed by atoms with van der Waals surface area (Å²) in [6.07, 6.45) is 4.15. The number of halogens is 1. The van der Waals surface area contributed by atoms with Crippen molar-refractivity contribution < 1.29 is 9.18 Å². The lowest BCUT2D eigenvalue weighted by atomic mass is 9.94. The van der Waals surface area contributed by atoms with E-state index >= 15 is 0 Å². The number of hydrogen-bond donors (Lipinski definition) is 2. The summed E-state index contributed by atoms with van der Waals surface area (Å²) in [6, 6.07) is 4.66. The van der Waals surface area contributed by atoms with Crippen LogP contribution in [0, 0.1) is 12.7 Å². The number of rotatable bonds is 3. The van der Waals surface area contributed by atoms with Gasteiger partial charge >= 0.3 is 0 Å². The molecule has 98 valence electrons. The maximum atomic E-state index is 13.5. The van der Waals surface area contributed by atoms with E-state index in [9.17, 15) is 9.18 Å². The van der Waals surface area contributed by atoms with Crippen LogP contribution in [0.5, 0.6) is 0 Å². The molecule has 1 aliphatic carbocycles. The van der Waals surface area contributed by atoms with E-state index in [2.05, 4.69) is 5.32 Å². The first-order valence-corrected chi connectivity index (χ1v) is 6.33. The highest BCUT2D eigenvalue weighted by Gasteiger charge is 2.31. The Morgan fingerprint density at radius 1 is 1.44 bits per heavy atom. The van der Waals surface area contributed by atoms with Gasteiger partial charge in [0.05, 0.1) is 5.69 Å². The van der Waals surface area contributed by atoms with Crippen molar-refractivity contribution in [2.75, 3.05) is 5.32 Å². The van der Waals surface area contributed by atoms with Crippen LogP contribution in [0.4, 0.5) is 10.1 Å². The van der Waals surface area contributed by atoms with E-state index in [1.807, 2.05) is 6.92 Å². The minimum absolute atomic E-state index is 0.205. The molecule has 4 heteroatoms. The molecule has 1 aromatic rings. The van der Waals surface area contributed by atoms with Crippen LogP contribution in [0.3, 0.4) is 0 Å². The van der Waals surface area contributed by atoms with Crippen LogP contribution < -0.4 is 11.1 Å². The predicted octanol–water partition coefficient (Wildman–Crippen LogP) is 2.73. The Bertz CT molecular complexity index is 453. The lowest BCUT2D eigenvalue weighted by Crippen LogP contribution is -2.40. The molecule has 1 amide bonds. The van der Waals surface area contributed by atoms with Gasteiger partial charge < -0.3 is 11.1 Å². The lowest BCUT2D eigenvalue weighted by molar-refractivity contribution is -0.117. The summed E-state index contributed by atoms with van der Waals surface area (Å²) in [4.78, 5) is 11.9. The fraction of sp³-hybridized carbons (Fsp3) is 0.500. The third kappa shape index (κ3) is 3.07. The standard InChI is InChI=1S/C14H19FN2O/c1-10-4-5-11(15)12(8-10)17-13(18)9-14(16)6-2-3-7-14/h4-5,8H,2-3,6-7,9,16H2,1H3,(H,17,18). The summed E-state index contributed by atoms with van der Waals surface area (Å²) >= 11 is 0. The van der Waals surface area contributed by atoms with Gasteiger partial charge in [0, 0.05) is 12.0 Å². The molecule has 0 heterocycles. The maximum absolute atomic E-state index is 13.5. The minimum Gasteiger partial charge on any atom is -0.325 e. The van der Waals surface area contributed by atoms with Crippen LogP contribution in [0.2, 0.25) is 0 Å². The molecule has 0 aliphatic heterocycles. The van der Waals surface area contributed by atoms with Gasteiger partial charge in [-0.1, -0.05) is 18.9 Å². The maximum Gasteiger partial charge on any atom is 0.226 e. The molecule has 0 saturated heterocycles. The first kappa shape index (κ1) is 13.0. The van der Waals surface area contributed by atoms with E-state index in [1.54, 1.807) is 12.1 Å². The van der Waals surface area contributed by atoms with Gasteiger partial charge in [0.1, 0.15) is 5.82 Å². The number of carbonyl (C=O) groups excluding carboxylic acids is 1. The van der Waals surface area contributed by atoms with Crippen molar-refractivity contribution in [2.24, 2.45) is 5.73 Å². The van der Waals surface area contributed by atoms with E-state index in [0.29, 0.717) is 0 Å². The average Bonchev–Trinajstić information content (AvgIpc) is 2.70. The Morgan fingerprint density at radius 2 is 2.11 bits per heavy atom. The molecule has 3 nitrogen and oxygen atoms in total. The zero-order valence-corrected chi connectivity index (χ0v) is 10.6. The van der Waals surface area contributed by atoms with Crippen molar-refractivity contribution in [2.45, 2.75) is 44.6 Å². The van der Waals surface area contributed by atoms with Gasteiger partial charge in [-0.15, -0.1) is 0 Å². The topological polar surface area (TPSA) is 55.1 Å². The van der Waals surface area contributed by atoms with Gasteiger partial charge in [0.15, 0.2) is 0 Å². The number of nitrogens with two attached hydrogens (primary N) is 1. The van der Waals surface area contributed by atoms with Crippen molar-refractivity contribution in [1.29, 1.82) is 0 Å². The summed E-state index contributed by atoms with van der Waals surface area (Å²) in [5, 5.41) is 2.61. The molecular formula is C14H19FN2O. The van der Waals surface area contributed by atoms with Crippen LogP contribution in [-0.4, -0.2) is 11.4 Å². The molecule has 1 saturated carbocycles. The molecule has 1 fully saturated rings. The van der Waals surface area contributed by atoms with Crippen molar-refractivity contribution in [3.63, 3.8) is 0 Å². The highest BCUT2D eigenvalue weighted by atomic mass is 19.1. The van der Waals surface area contributed by atoms with Crippen molar-refractivity contribution in [3.8, 4) is 0 Å². The lowest BCUT2D eigenvalue weighted by Gasteiger charge is -2.22. The second kappa shape index (κ2) is 5.06. The van der Waals surface area contributed by atoms with Crippen molar-refractivity contribution >= 4 is 11.6 Å². The number of amides is 1. The van der Waals surface area contributed by atoms with Crippen molar-refractivity contribution in [1.82, 2.24) is 0 Å². The van der Waals surface area contributed by atoms with Crippen LogP contribution in [0.25, 0.3) is 0 Å². The molecule has 0 aromatic heterocycles. The van der Waals surface area contributed by atoms with Crippen LogP contribution in [-0.2, 0) is 4.79 Å². The highest BCUT2D eigenvalue weighted by Crippen LogP contribution is 2.30. The smallest absolute Gasteiger partial charge is 0.226 e. The van der Waals surface area contributed by atoms with Crippen LogP contribution in [0.15, 0.2) is 18.2 Å². The molecular weight excluding hydrogens is 231 g/mol. The third-order valence-corrected chi connectivity index (χ3v) is 3.51. The van der Waals surface area contributed by atoms with Crippen molar-refractivity contribution in [3.05, 3.63) is 29.6 Å². The molecule has 1 aromatic carbocycles. The predicted molar refractivity (Wildman–Crippen MR) is 69.8 cm³/mol. The largest absolute Gasteiger partial charge is 0.325 e. The van der Waals surface area contributed by atoms with E-state index in [1.165, 1.54) is 6.07 Å². The average molecular weight is 250 g/mol. The summed E-state index contributed by atoms with van der Waals surface area (Å²) < 4.78 is 13.5. The van der Waals surface area contributed by atoms with E-state index in [-0.39, 0.29) is 18.0 Å². The first-order chi connectivity index (χ1) is 8.48. The third-order valence-electron chi connectivity index (χ3n) is 3.51. The van der Waals surface area contributed by atoms with E-state index in [4.69, 9.17) is 5.73 Å². The minimum atomic E-state index is -0.411. The first-order valence-electron chi connectivity index (χ1n) is 6.33. The molecule has 0 atom stereocenters. The number of aryl methyl sites for hydroxylation is 1. The highest BCUT2D eigenvalue weighted by molar-refractivity contribution is 5.91. The van der Waals surface area contributed by atoms with Gasteiger partial charge in [-0.3, -0.25) is 4.79 Å². The summed E-state index contributed by atoms with van der Waals surface area (Å²) in [7, 11) is 0. The fourth-order valence-electron chi connectivity index (χ4n) is 2.50. The quantitative estimate of drug-likeness (QED) is 0.866. The van der Waals surface area contributed by atoms with Gasteiger partial charge in [0.25, 0.3) is 0 Å². The number of benzene rings is 1. The molecule has 3 N–H and O–H groups in total. The van der Waals surface area contributed by atoms with Gasteiger partial charge in [-0.25, -0.2) is 4.39 Å². The Hall–Kier alpha value is -1.42. The Balaban J connectivity index is 2.00. The zero-order valence-electron chi connectivity index (χ0n) is 10.6. The van der Waals surface area contributed by atoms with Gasteiger partial charge in [-0.05, 0) is 37.5 Å². The Kier molecular flexibility index (Phi) is 3.66. The fourth-order valence-corrected chi connectivity index (χ4v) is 2.50. The molecule has 18 heavy (non-hydrogen) atoms. The number of nitrogens with one attached hydrogen (secondary N) is 1. The number of anilines is 1. The van der Waals surface area contributed by atoms with Crippen LogP contribution in [0.1, 0.15) is 37.7 Å². The Morgan fingerprint density at radius 3 is 2.78 bits per heavy atom. The van der Waals surface area contributed by atoms with Gasteiger partial charge in [0.2, 0.25) is 5.91 Å². The zero-order chi connectivity index (χ0) is 13.2. The molecule has 2 rings (SSSR count). The normalized spacial score (nSPS) is 17.7. The monoisotopic (exact) mass is 250 g/mol. The summed E-state index contributed by atoms with van der Waals surface area (Å²) in [5.74, 6) is -0.615. The van der Waals surface area contributed by atoms with Gasteiger partial charge in [-0.2, -0.15) is 0 Å². The Labute approximate surface area is 107 Å². The molecule has 0 unspecified atom stereocenters. The number of hydrogen-bond acceptors (Lipinski definition) is 2. The van der Waals surface area contributed by atoms with Crippen LogP contribution >= 0.6 is 0 Å². The molecule has 0 bridgehead atoms. The van der Waals surface area contributed by atoms with E-state index in [0.717, 1.165) is 31.2 Å². The second-order valence-corrected chi connectivity index (χ2v) is 5.28. The molecule has 0 spiro atoms. The van der Waals surface area contributed by atoms with E-state index < -0.39 is 11.4 Å². The molecule has 1 aliphatic rings. The SMILES string of the molecule is Cc1ccc(F)c(NC(=O)CC2(N)CCCC2)c1.